The lowest BCUT2D eigenvalue weighted by Gasteiger charge is -2.18. The Kier molecular flexibility index (Phi) is 10.5. The van der Waals surface area contributed by atoms with Crippen molar-refractivity contribution in [2.24, 2.45) is 0 Å². The van der Waals surface area contributed by atoms with E-state index in [9.17, 15) is 26.3 Å². The molecule has 3 aromatic heterocycles. The molecule has 37 heavy (non-hydrogen) atoms. The van der Waals surface area contributed by atoms with Gasteiger partial charge in [0.25, 0.3) is 0 Å². The van der Waals surface area contributed by atoms with Crippen molar-refractivity contribution in [3.63, 3.8) is 0 Å². The van der Waals surface area contributed by atoms with Gasteiger partial charge in [0.2, 0.25) is 0 Å². The zero-order valence-electron chi connectivity index (χ0n) is 18.8. The second-order valence-corrected chi connectivity index (χ2v) is 8.18. The molecule has 1 aliphatic heterocycles. The van der Waals surface area contributed by atoms with Crippen molar-refractivity contribution in [3.05, 3.63) is 64.5 Å². The zero-order valence-corrected chi connectivity index (χ0v) is 19.6. The smallest absolute Gasteiger partial charge is 0.475 e. The monoisotopic (exact) mass is 550 g/mol. The van der Waals surface area contributed by atoms with Crippen molar-refractivity contribution in [3.8, 4) is 11.3 Å². The van der Waals surface area contributed by atoms with E-state index in [2.05, 4.69) is 36.7 Å². The first-order chi connectivity index (χ1) is 17.3. The van der Waals surface area contributed by atoms with Crippen LogP contribution in [0.2, 0.25) is 0 Å². The molecule has 2 N–H and O–H groups in total. The molecule has 0 radical (unpaired) electrons. The second kappa shape index (κ2) is 13.1. The number of thiophene rings is 1. The first-order valence-electron chi connectivity index (χ1n) is 10.4. The number of carboxylic acids is 2. The molecular formula is C22H20F6N4O4S. The average Bonchev–Trinajstić information content (AvgIpc) is 3.25. The number of carbonyl (C=O) groups is 2. The number of halogens is 6. The van der Waals surface area contributed by atoms with E-state index in [0.29, 0.717) is 0 Å². The number of hydrogen-bond acceptors (Lipinski definition) is 7. The Balaban J connectivity index is 0.000000286. The Labute approximate surface area is 210 Å². The van der Waals surface area contributed by atoms with E-state index in [1.54, 1.807) is 17.7 Å². The summed E-state index contributed by atoms with van der Waals surface area (Å²) in [7, 11) is 0. The van der Waals surface area contributed by atoms with Gasteiger partial charge >= 0.3 is 24.3 Å². The number of fused-ring (bicyclic) bond motifs is 1. The van der Waals surface area contributed by atoms with E-state index in [0.717, 1.165) is 43.7 Å². The normalized spacial score (nSPS) is 13.7. The van der Waals surface area contributed by atoms with Crippen molar-refractivity contribution in [2.75, 3.05) is 13.1 Å². The fraction of sp³-hybridized carbons (Fsp3) is 0.318. The molecule has 200 valence electrons. The summed E-state index contributed by atoms with van der Waals surface area (Å²) in [4.78, 5) is 33.5. The Bertz CT molecular complexity index is 1130. The average molecular weight is 550 g/mol. The van der Waals surface area contributed by atoms with Crippen LogP contribution in [-0.4, -0.2) is 67.4 Å². The molecule has 15 heteroatoms. The quantitative estimate of drug-likeness (QED) is 0.459. The van der Waals surface area contributed by atoms with Gasteiger partial charge < -0.3 is 10.2 Å². The fourth-order valence-electron chi connectivity index (χ4n) is 3.13. The molecule has 8 nitrogen and oxygen atoms in total. The lowest BCUT2D eigenvalue weighted by atomic mass is 10.0. The van der Waals surface area contributed by atoms with E-state index in [-0.39, 0.29) is 0 Å². The molecule has 0 saturated heterocycles. The summed E-state index contributed by atoms with van der Waals surface area (Å²) in [5, 5.41) is 18.6. The van der Waals surface area contributed by atoms with E-state index in [1.807, 2.05) is 24.5 Å². The minimum absolute atomic E-state index is 0.986. The first kappa shape index (κ1) is 29.6. The van der Waals surface area contributed by atoms with E-state index in [4.69, 9.17) is 19.8 Å². The summed E-state index contributed by atoms with van der Waals surface area (Å²) >= 11 is 1.77. The molecule has 0 spiro atoms. The first-order valence-corrected chi connectivity index (χ1v) is 11.3. The lowest BCUT2D eigenvalue weighted by molar-refractivity contribution is -0.193. The topological polar surface area (TPSA) is 117 Å². The third-order valence-electron chi connectivity index (χ3n) is 4.80. The van der Waals surface area contributed by atoms with Crippen LogP contribution in [0.1, 0.15) is 16.8 Å². The van der Waals surface area contributed by atoms with Crippen LogP contribution in [0.15, 0.2) is 47.7 Å². The number of alkyl halides is 6. The summed E-state index contributed by atoms with van der Waals surface area (Å²) in [6.45, 7) is 3.12. The summed E-state index contributed by atoms with van der Waals surface area (Å²) in [5.41, 5.74) is 6.09. The number of hydrogen-bond donors (Lipinski definition) is 2. The second-order valence-electron chi connectivity index (χ2n) is 7.40. The van der Waals surface area contributed by atoms with Gasteiger partial charge in [-0.15, -0.1) is 0 Å². The molecule has 0 atom stereocenters. The summed E-state index contributed by atoms with van der Waals surface area (Å²) < 4.78 is 63.5. The van der Waals surface area contributed by atoms with Crippen molar-refractivity contribution in [1.82, 2.24) is 19.9 Å². The summed E-state index contributed by atoms with van der Waals surface area (Å²) in [6.07, 6.45) is -2.84. The van der Waals surface area contributed by atoms with Crippen molar-refractivity contribution in [2.45, 2.75) is 31.7 Å². The van der Waals surface area contributed by atoms with Gasteiger partial charge in [-0.3, -0.25) is 9.88 Å². The molecular weight excluding hydrogens is 530 g/mol. The van der Waals surface area contributed by atoms with Gasteiger partial charge in [-0.05, 0) is 40.9 Å². The van der Waals surface area contributed by atoms with Crippen molar-refractivity contribution >= 4 is 23.3 Å². The minimum Gasteiger partial charge on any atom is -0.475 e. The maximum Gasteiger partial charge on any atom is 0.490 e. The van der Waals surface area contributed by atoms with E-state index >= 15 is 0 Å². The number of rotatable bonds is 3. The van der Waals surface area contributed by atoms with Crippen LogP contribution >= 0.6 is 11.3 Å². The maximum atomic E-state index is 10.6. The molecule has 0 aliphatic carbocycles. The summed E-state index contributed by atoms with van der Waals surface area (Å²) in [6, 6.07) is 6.26. The molecule has 0 fully saturated rings. The standard InChI is InChI=1S/C18H18N4S.2C2HF3O2/c1-6-19-7-2-15(1)18-16-3-8-22(11-14-5-10-23-12-14)9-4-17(16)20-13-21-18;2*3-2(4,5)1(6)7/h1-2,5-7,10,12-13H,3-4,8-9,11H2;2*(H,6,7). The Morgan fingerprint density at radius 2 is 1.49 bits per heavy atom. The molecule has 0 unspecified atom stereocenters. The van der Waals surface area contributed by atoms with Gasteiger partial charge in [0.15, 0.2) is 0 Å². The molecule has 1 aliphatic rings. The van der Waals surface area contributed by atoms with Crippen LogP contribution in [0.25, 0.3) is 11.3 Å². The zero-order chi connectivity index (χ0) is 27.6. The number of aromatic nitrogens is 3. The fourth-order valence-corrected chi connectivity index (χ4v) is 3.79. The van der Waals surface area contributed by atoms with Gasteiger partial charge in [-0.25, -0.2) is 19.6 Å². The maximum absolute atomic E-state index is 10.6. The largest absolute Gasteiger partial charge is 0.490 e. The van der Waals surface area contributed by atoms with Crippen LogP contribution in [0.3, 0.4) is 0 Å². The van der Waals surface area contributed by atoms with Crippen LogP contribution in [0.4, 0.5) is 26.3 Å². The minimum atomic E-state index is -5.08. The predicted octanol–water partition coefficient (Wildman–Crippen LogP) is 4.47. The van der Waals surface area contributed by atoms with Crippen LogP contribution in [0, 0.1) is 0 Å². The Hall–Kier alpha value is -3.59. The van der Waals surface area contributed by atoms with Crippen LogP contribution in [-0.2, 0) is 29.0 Å². The van der Waals surface area contributed by atoms with E-state index in [1.165, 1.54) is 16.8 Å². The molecule has 0 saturated carbocycles. The number of nitrogens with zero attached hydrogens (tertiary/aromatic N) is 4. The highest BCUT2D eigenvalue weighted by atomic mass is 32.1. The molecule has 4 heterocycles. The van der Waals surface area contributed by atoms with Crippen molar-refractivity contribution in [1.29, 1.82) is 0 Å². The van der Waals surface area contributed by atoms with Gasteiger partial charge in [-0.2, -0.15) is 37.7 Å². The third-order valence-corrected chi connectivity index (χ3v) is 5.53. The number of pyridine rings is 1. The van der Waals surface area contributed by atoms with Crippen molar-refractivity contribution < 1.29 is 46.1 Å². The van der Waals surface area contributed by atoms with Crippen LogP contribution < -0.4 is 0 Å². The molecule has 3 aromatic rings. The van der Waals surface area contributed by atoms with Gasteiger partial charge in [-0.1, -0.05) is 0 Å². The SMILES string of the molecule is O=C(O)C(F)(F)F.O=C(O)C(F)(F)F.c1cc(-c2ncnc3c2CCN(Cc2ccsc2)CC3)ccn1. The number of carboxylic acid groups (broad SMARTS) is 2. The molecule has 4 rings (SSSR count). The highest BCUT2D eigenvalue weighted by Gasteiger charge is 2.38. The highest BCUT2D eigenvalue weighted by Crippen LogP contribution is 2.25. The molecule has 0 bridgehead atoms. The van der Waals surface area contributed by atoms with Gasteiger partial charge in [0.1, 0.15) is 6.33 Å². The third kappa shape index (κ3) is 9.76. The predicted molar refractivity (Wildman–Crippen MR) is 120 cm³/mol. The van der Waals surface area contributed by atoms with Gasteiger partial charge in [0.05, 0.1) is 5.69 Å². The van der Waals surface area contributed by atoms with Crippen LogP contribution in [0.5, 0.6) is 0 Å². The Morgan fingerprint density at radius 1 is 0.919 bits per heavy atom. The Morgan fingerprint density at radius 3 is 2.00 bits per heavy atom. The lowest BCUT2D eigenvalue weighted by Crippen LogP contribution is -2.25. The summed E-state index contributed by atoms with van der Waals surface area (Å²) in [5.74, 6) is -5.51. The number of aliphatic carboxylic acids is 2. The molecule has 0 amide bonds. The van der Waals surface area contributed by atoms with Gasteiger partial charge in [0, 0.05) is 55.3 Å². The highest BCUT2D eigenvalue weighted by molar-refractivity contribution is 7.07. The van der Waals surface area contributed by atoms with E-state index < -0.39 is 24.3 Å². The molecule has 0 aromatic carbocycles.